The maximum atomic E-state index is 5.69. The van der Waals surface area contributed by atoms with Crippen LogP contribution in [0.4, 0.5) is 0 Å². The van der Waals surface area contributed by atoms with E-state index < -0.39 is 0 Å². The van der Waals surface area contributed by atoms with Gasteiger partial charge in [-0.3, -0.25) is 4.98 Å². The van der Waals surface area contributed by atoms with E-state index in [-0.39, 0.29) is 0 Å². The summed E-state index contributed by atoms with van der Waals surface area (Å²) in [5.74, 6) is 1.75. The molecule has 0 spiro atoms. The lowest BCUT2D eigenvalue weighted by Gasteiger charge is -2.08. The minimum absolute atomic E-state index is 0.428. The third-order valence-corrected chi connectivity index (χ3v) is 3.26. The topological polar surface area (TPSA) is 22.1 Å². The second-order valence-electron chi connectivity index (χ2n) is 4.80. The molecule has 0 saturated carbocycles. The molecule has 1 aromatic carbocycles. The number of benzene rings is 1. The highest BCUT2D eigenvalue weighted by Gasteiger charge is 2.00. The molecule has 0 atom stereocenters. The lowest BCUT2D eigenvalue weighted by Crippen LogP contribution is -1.97. The van der Waals surface area contributed by atoms with Crippen molar-refractivity contribution in [3.8, 4) is 5.75 Å². The Morgan fingerprint density at radius 2 is 1.84 bits per heavy atom. The number of halogens is 1. The predicted molar refractivity (Wildman–Crippen MR) is 78.7 cm³/mol. The summed E-state index contributed by atoms with van der Waals surface area (Å²) in [5, 5.41) is 0. The molecule has 2 rings (SSSR count). The molecular formula is C16H18ClNO. The minimum Gasteiger partial charge on any atom is -0.487 e. The summed E-state index contributed by atoms with van der Waals surface area (Å²) in [5.41, 5.74) is 3.36. The average Bonchev–Trinajstić information content (AvgIpc) is 2.46. The van der Waals surface area contributed by atoms with Gasteiger partial charge in [0.2, 0.25) is 0 Å². The minimum atomic E-state index is 0.428. The number of pyridine rings is 1. The first-order valence-corrected chi connectivity index (χ1v) is 6.95. The van der Waals surface area contributed by atoms with Gasteiger partial charge in [0.05, 0.1) is 17.8 Å². The van der Waals surface area contributed by atoms with Crippen molar-refractivity contribution < 1.29 is 4.74 Å². The van der Waals surface area contributed by atoms with Crippen LogP contribution in [0.3, 0.4) is 0 Å². The second-order valence-corrected chi connectivity index (χ2v) is 5.07. The first kappa shape index (κ1) is 13.9. The fourth-order valence-corrected chi connectivity index (χ4v) is 1.90. The van der Waals surface area contributed by atoms with Gasteiger partial charge in [0.25, 0.3) is 0 Å². The van der Waals surface area contributed by atoms with Gasteiger partial charge in [-0.05, 0) is 29.2 Å². The molecule has 3 heteroatoms. The summed E-state index contributed by atoms with van der Waals surface area (Å²) >= 11 is 5.69. The molecule has 2 nitrogen and oxygen atoms in total. The quantitative estimate of drug-likeness (QED) is 0.749. The van der Waals surface area contributed by atoms with E-state index in [1.54, 1.807) is 6.20 Å². The Morgan fingerprint density at radius 1 is 1.11 bits per heavy atom. The van der Waals surface area contributed by atoms with Crippen LogP contribution in [0, 0.1) is 0 Å². The molecule has 0 amide bonds. The third kappa shape index (κ3) is 3.97. The highest BCUT2D eigenvalue weighted by atomic mass is 35.5. The van der Waals surface area contributed by atoms with Crippen molar-refractivity contribution in [2.75, 3.05) is 0 Å². The molecule has 0 unspecified atom stereocenters. The Balaban J connectivity index is 1.94. The highest BCUT2D eigenvalue weighted by molar-refractivity contribution is 6.16. The number of hydrogen-bond acceptors (Lipinski definition) is 2. The fourth-order valence-electron chi connectivity index (χ4n) is 1.74. The van der Waals surface area contributed by atoms with Gasteiger partial charge in [-0.1, -0.05) is 38.1 Å². The van der Waals surface area contributed by atoms with Crippen LogP contribution in [-0.2, 0) is 12.5 Å². The van der Waals surface area contributed by atoms with Crippen LogP contribution in [0.2, 0.25) is 0 Å². The third-order valence-electron chi connectivity index (χ3n) is 2.99. The zero-order valence-electron chi connectivity index (χ0n) is 11.3. The number of nitrogens with zero attached hydrogens (tertiary/aromatic N) is 1. The molecule has 2 aromatic rings. The molecule has 1 aromatic heterocycles. The Kier molecular flexibility index (Phi) is 4.80. The van der Waals surface area contributed by atoms with Crippen LogP contribution >= 0.6 is 11.6 Å². The van der Waals surface area contributed by atoms with Crippen molar-refractivity contribution in [1.82, 2.24) is 4.98 Å². The predicted octanol–water partition coefficient (Wildman–Crippen LogP) is 4.52. The zero-order valence-corrected chi connectivity index (χ0v) is 12.0. The molecule has 100 valence electrons. The standard InChI is InChI=1S/C16H18ClNO/c1-12(2)14-5-3-13(4-6-14)11-19-16-8-7-15(9-17)18-10-16/h3-8,10,12H,9,11H2,1-2H3. The number of hydrogen-bond donors (Lipinski definition) is 0. The summed E-state index contributed by atoms with van der Waals surface area (Å²) in [7, 11) is 0. The summed E-state index contributed by atoms with van der Waals surface area (Å²) in [6.45, 7) is 4.94. The maximum Gasteiger partial charge on any atom is 0.138 e. The molecular weight excluding hydrogens is 258 g/mol. The molecule has 0 aliphatic rings. The second kappa shape index (κ2) is 6.58. The van der Waals surface area contributed by atoms with E-state index in [2.05, 4.69) is 43.1 Å². The van der Waals surface area contributed by atoms with Crippen molar-refractivity contribution in [3.63, 3.8) is 0 Å². The molecule has 19 heavy (non-hydrogen) atoms. The van der Waals surface area contributed by atoms with Gasteiger partial charge in [0.1, 0.15) is 12.4 Å². The van der Waals surface area contributed by atoms with E-state index in [0.717, 1.165) is 17.0 Å². The summed E-state index contributed by atoms with van der Waals surface area (Å²) in [6.07, 6.45) is 1.71. The van der Waals surface area contributed by atoms with Crippen LogP contribution in [0.1, 0.15) is 36.6 Å². The largest absolute Gasteiger partial charge is 0.487 e. The van der Waals surface area contributed by atoms with Crippen LogP contribution in [0.25, 0.3) is 0 Å². The van der Waals surface area contributed by atoms with Gasteiger partial charge < -0.3 is 4.74 Å². The SMILES string of the molecule is CC(C)c1ccc(COc2ccc(CCl)nc2)cc1. The van der Waals surface area contributed by atoms with Crippen LogP contribution in [0.5, 0.6) is 5.75 Å². The van der Waals surface area contributed by atoms with Gasteiger partial charge in [-0.2, -0.15) is 0 Å². The van der Waals surface area contributed by atoms with E-state index in [1.807, 2.05) is 12.1 Å². The summed E-state index contributed by atoms with van der Waals surface area (Å²) < 4.78 is 5.69. The molecule has 1 heterocycles. The van der Waals surface area contributed by atoms with Crippen molar-refractivity contribution in [2.24, 2.45) is 0 Å². The Bertz CT molecular complexity index is 505. The lowest BCUT2D eigenvalue weighted by molar-refractivity contribution is 0.305. The number of alkyl halides is 1. The molecule has 0 bridgehead atoms. The van der Waals surface area contributed by atoms with Crippen molar-refractivity contribution >= 4 is 11.6 Å². The van der Waals surface area contributed by atoms with E-state index in [9.17, 15) is 0 Å². The van der Waals surface area contributed by atoms with Crippen molar-refractivity contribution in [2.45, 2.75) is 32.3 Å². The van der Waals surface area contributed by atoms with Crippen molar-refractivity contribution in [1.29, 1.82) is 0 Å². The molecule has 0 saturated heterocycles. The van der Waals surface area contributed by atoms with Gasteiger partial charge in [0, 0.05) is 0 Å². The smallest absolute Gasteiger partial charge is 0.138 e. The lowest BCUT2D eigenvalue weighted by atomic mass is 10.0. The van der Waals surface area contributed by atoms with Gasteiger partial charge in [-0.15, -0.1) is 11.6 Å². The van der Waals surface area contributed by atoms with E-state index in [0.29, 0.717) is 18.4 Å². The van der Waals surface area contributed by atoms with Gasteiger partial charge >= 0.3 is 0 Å². The number of aromatic nitrogens is 1. The highest BCUT2D eigenvalue weighted by Crippen LogP contribution is 2.16. The molecule has 0 radical (unpaired) electrons. The zero-order chi connectivity index (χ0) is 13.7. The normalized spacial score (nSPS) is 10.7. The maximum absolute atomic E-state index is 5.69. The average molecular weight is 276 g/mol. The Hall–Kier alpha value is -1.54. The van der Waals surface area contributed by atoms with E-state index in [4.69, 9.17) is 16.3 Å². The molecule has 0 N–H and O–H groups in total. The molecule has 0 aliphatic carbocycles. The monoisotopic (exact) mass is 275 g/mol. The summed E-state index contributed by atoms with van der Waals surface area (Å²) in [6, 6.07) is 12.3. The van der Waals surface area contributed by atoms with Crippen molar-refractivity contribution in [3.05, 3.63) is 59.4 Å². The number of rotatable bonds is 5. The first-order valence-electron chi connectivity index (χ1n) is 6.41. The first-order chi connectivity index (χ1) is 9.19. The van der Waals surface area contributed by atoms with E-state index >= 15 is 0 Å². The van der Waals surface area contributed by atoms with Crippen LogP contribution < -0.4 is 4.74 Å². The van der Waals surface area contributed by atoms with E-state index in [1.165, 1.54) is 5.56 Å². The Labute approximate surface area is 119 Å². The molecule has 0 fully saturated rings. The molecule has 0 aliphatic heterocycles. The fraction of sp³-hybridized carbons (Fsp3) is 0.312. The van der Waals surface area contributed by atoms with Gasteiger partial charge in [0.15, 0.2) is 0 Å². The summed E-state index contributed by atoms with van der Waals surface area (Å²) in [4.78, 5) is 4.19. The van der Waals surface area contributed by atoms with Crippen LogP contribution in [-0.4, -0.2) is 4.98 Å². The van der Waals surface area contributed by atoms with Gasteiger partial charge in [-0.25, -0.2) is 0 Å². The van der Waals surface area contributed by atoms with Crippen LogP contribution in [0.15, 0.2) is 42.6 Å². The number of ether oxygens (including phenoxy) is 1. The Morgan fingerprint density at radius 3 is 2.37 bits per heavy atom.